The molecule has 0 aromatic carbocycles. The second kappa shape index (κ2) is 5.28. The van der Waals surface area contributed by atoms with E-state index in [0.29, 0.717) is 18.2 Å². The predicted octanol–water partition coefficient (Wildman–Crippen LogP) is 1.24. The van der Waals surface area contributed by atoms with E-state index in [2.05, 4.69) is 24.2 Å². The van der Waals surface area contributed by atoms with Gasteiger partial charge in [0, 0.05) is 19.1 Å². The van der Waals surface area contributed by atoms with Crippen molar-refractivity contribution in [1.82, 2.24) is 10.2 Å². The van der Waals surface area contributed by atoms with Gasteiger partial charge in [-0.3, -0.25) is 0 Å². The first kappa shape index (κ1) is 11.4. The van der Waals surface area contributed by atoms with Gasteiger partial charge in [-0.2, -0.15) is 0 Å². The number of hydrogen-bond donors (Lipinski definition) is 1. The molecule has 3 nitrogen and oxygen atoms in total. The molecule has 0 bridgehead atoms. The Morgan fingerprint density at radius 3 is 2.53 bits per heavy atom. The lowest BCUT2D eigenvalue weighted by molar-refractivity contribution is -0.0554. The van der Waals surface area contributed by atoms with E-state index in [9.17, 15) is 0 Å². The summed E-state index contributed by atoms with van der Waals surface area (Å²) in [5.41, 5.74) is 0. The molecule has 1 unspecified atom stereocenters. The fourth-order valence-electron chi connectivity index (χ4n) is 2.60. The van der Waals surface area contributed by atoms with Crippen molar-refractivity contribution in [3.8, 4) is 0 Å². The van der Waals surface area contributed by atoms with Gasteiger partial charge in [0.05, 0.1) is 12.2 Å². The Morgan fingerprint density at radius 2 is 1.87 bits per heavy atom. The van der Waals surface area contributed by atoms with Crippen LogP contribution in [0, 0.1) is 0 Å². The van der Waals surface area contributed by atoms with Gasteiger partial charge < -0.3 is 15.0 Å². The zero-order valence-electron chi connectivity index (χ0n) is 10.0. The lowest BCUT2D eigenvalue weighted by atomic mass is 10.0. The second-order valence-electron chi connectivity index (χ2n) is 5.14. The number of rotatable bonds is 2. The minimum absolute atomic E-state index is 0.509. The van der Waals surface area contributed by atoms with Crippen LogP contribution in [0.5, 0.6) is 0 Å². The van der Waals surface area contributed by atoms with Gasteiger partial charge in [-0.05, 0) is 46.2 Å². The number of nitrogens with zero attached hydrogens (tertiary/aromatic N) is 1. The molecule has 3 heteroatoms. The van der Waals surface area contributed by atoms with Gasteiger partial charge in [0.1, 0.15) is 0 Å². The average molecular weight is 212 g/mol. The smallest absolute Gasteiger partial charge is 0.0605 e. The Kier molecular flexibility index (Phi) is 4.00. The van der Waals surface area contributed by atoms with Crippen LogP contribution in [-0.4, -0.2) is 49.8 Å². The Morgan fingerprint density at radius 1 is 1.13 bits per heavy atom. The molecule has 0 saturated carbocycles. The van der Waals surface area contributed by atoms with Crippen LogP contribution in [0.3, 0.4) is 0 Å². The maximum absolute atomic E-state index is 6.18. The Labute approximate surface area is 93.2 Å². The third kappa shape index (κ3) is 3.44. The second-order valence-corrected chi connectivity index (χ2v) is 5.14. The quantitative estimate of drug-likeness (QED) is 0.745. The molecular formula is C12H24N2O. The maximum Gasteiger partial charge on any atom is 0.0605 e. The predicted molar refractivity (Wildman–Crippen MR) is 62.1 cm³/mol. The molecule has 0 aromatic heterocycles. The van der Waals surface area contributed by atoms with Gasteiger partial charge in [-0.25, -0.2) is 0 Å². The molecule has 2 rings (SSSR count). The summed E-state index contributed by atoms with van der Waals surface area (Å²) in [5, 5.41) is 3.47. The molecule has 2 saturated heterocycles. The summed E-state index contributed by atoms with van der Waals surface area (Å²) < 4.78 is 6.18. The van der Waals surface area contributed by atoms with Gasteiger partial charge >= 0.3 is 0 Å². The Bertz CT molecular complexity index is 190. The van der Waals surface area contributed by atoms with Crippen LogP contribution in [0.15, 0.2) is 0 Å². The monoisotopic (exact) mass is 212 g/mol. The van der Waals surface area contributed by atoms with E-state index in [1.54, 1.807) is 0 Å². The van der Waals surface area contributed by atoms with E-state index in [1.807, 2.05) is 0 Å². The van der Waals surface area contributed by atoms with Crippen LogP contribution < -0.4 is 5.32 Å². The lowest BCUT2D eigenvalue weighted by Crippen LogP contribution is -2.42. The molecule has 0 radical (unpaired) electrons. The van der Waals surface area contributed by atoms with Crippen molar-refractivity contribution in [3.05, 3.63) is 0 Å². The van der Waals surface area contributed by atoms with Crippen LogP contribution in [0.4, 0.5) is 0 Å². The summed E-state index contributed by atoms with van der Waals surface area (Å²) in [6, 6.07) is 0.634. The van der Waals surface area contributed by atoms with Crippen LogP contribution >= 0.6 is 0 Å². The van der Waals surface area contributed by atoms with Crippen LogP contribution in [0.1, 0.15) is 32.6 Å². The molecule has 0 amide bonds. The third-order valence-corrected chi connectivity index (χ3v) is 3.63. The largest absolute Gasteiger partial charge is 0.375 e. The Hall–Kier alpha value is -0.120. The van der Waals surface area contributed by atoms with Crippen molar-refractivity contribution in [2.45, 2.75) is 50.9 Å². The zero-order valence-corrected chi connectivity index (χ0v) is 10.0. The van der Waals surface area contributed by atoms with E-state index in [1.165, 1.54) is 38.8 Å². The number of nitrogens with one attached hydrogen (secondary N) is 1. The van der Waals surface area contributed by atoms with Crippen LogP contribution in [0.25, 0.3) is 0 Å². The molecule has 15 heavy (non-hydrogen) atoms. The summed E-state index contributed by atoms with van der Waals surface area (Å²) in [6.45, 7) is 5.78. The first-order valence-electron chi connectivity index (χ1n) is 6.31. The van der Waals surface area contributed by atoms with E-state index >= 15 is 0 Å². The van der Waals surface area contributed by atoms with Gasteiger partial charge in [0.25, 0.3) is 0 Å². The molecule has 0 aromatic rings. The van der Waals surface area contributed by atoms with Crippen molar-refractivity contribution in [2.24, 2.45) is 0 Å². The zero-order chi connectivity index (χ0) is 10.7. The number of likely N-dealkylation sites (tertiary alicyclic amines) is 1. The first-order valence-corrected chi connectivity index (χ1v) is 6.31. The molecule has 88 valence electrons. The molecular weight excluding hydrogens is 188 g/mol. The lowest BCUT2D eigenvalue weighted by Gasteiger charge is -2.35. The molecule has 2 aliphatic heterocycles. The standard InChI is InChI=1S/C12H24N2O/c1-10-9-12(3-6-13-10)15-11-4-7-14(2)8-5-11/h10-13H,3-9H2,1-2H3/t10-,12?/m1/s1. The normalized spacial score (nSPS) is 35.6. The summed E-state index contributed by atoms with van der Waals surface area (Å²) in [4.78, 5) is 2.39. The molecule has 2 atom stereocenters. The van der Waals surface area contributed by atoms with E-state index in [-0.39, 0.29) is 0 Å². The van der Waals surface area contributed by atoms with Gasteiger partial charge in [0.15, 0.2) is 0 Å². The SMILES string of the molecule is C[C@@H]1CC(OC2CCN(C)CC2)CCN1. The van der Waals surface area contributed by atoms with Crippen molar-refractivity contribution >= 4 is 0 Å². The van der Waals surface area contributed by atoms with E-state index < -0.39 is 0 Å². The van der Waals surface area contributed by atoms with Crippen molar-refractivity contribution < 1.29 is 4.74 Å². The fraction of sp³-hybridized carbons (Fsp3) is 1.00. The van der Waals surface area contributed by atoms with Gasteiger partial charge in [-0.15, -0.1) is 0 Å². The van der Waals surface area contributed by atoms with Crippen molar-refractivity contribution in [2.75, 3.05) is 26.7 Å². The topological polar surface area (TPSA) is 24.5 Å². The fourth-order valence-corrected chi connectivity index (χ4v) is 2.60. The molecule has 1 N–H and O–H groups in total. The van der Waals surface area contributed by atoms with Crippen LogP contribution in [0.2, 0.25) is 0 Å². The average Bonchev–Trinajstić information content (AvgIpc) is 2.22. The highest BCUT2D eigenvalue weighted by Gasteiger charge is 2.24. The third-order valence-electron chi connectivity index (χ3n) is 3.63. The number of hydrogen-bond acceptors (Lipinski definition) is 3. The van der Waals surface area contributed by atoms with E-state index in [4.69, 9.17) is 4.74 Å². The number of ether oxygens (including phenoxy) is 1. The summed E-state index contributed by atoms with van der Waals surface area (Å²) in [5.74, 6) is 0. The van der Waals surface area contributed by atoms with Crippen molar-refractivity contribution in [1.29, 1.82) is 0 Å². The molecule has 2 aliphatic rings. The van der Waals surface area contributed by atoms with E-state index in [0.717, 1.165) is 6.54 Å². The number of piperidine rings is 2. The summed E-state index contributed by atoms with van der Waals surface area (Å²) in [7, 11) is 2.20. The maximum atomic E-state index is 6.18. The Balaban J connectivity index is 1.71. The molecule has 2 heterocycles. The molecule has 2 fully saturated rings. The molecule has 0 aliphatic carbocycles. The van der Waals surface area contributed by atoms with Crippen molar-refractivity contribution in [3.63, 3.8) is 0 Å². The highest BCUT2D eigenvalue weighted by molar-refractivity contribution is 4.78. The highest BCUT2D eigenvalue weighted by atomic mass is 16.5. The highest BCUT2D eigenvalue weighted by Crippen LogP contribution is 2.19. The summed E-state index contributed by atoms with van der Waals surface area (Å²) >= 11 is 0. The molecule has 0 spiro atoms. The van der Waals surface area contributed by atoms with Gasteiger partial charge in [-0.1, -0.05) is 0 Å². The minimum Gasteiger partial charge on any atom is -0.375 e. The van der Waals surface area contributed by atoms with Crippen LogP contribution in [-0.2, 0) is 4.74 Å². The minimum atomic E-state index is 0.509. The summed E-state index contributed by atoms with van der Waals surface area (Å²) in [6.07, 6.45) is 5.85. The first-order chi connectivity index (χ1) is 7.24. The van der Waals surface area contributed by atoms with Gasteiger partial charge in [0.2, 0.25) is 0 Å².